The van der Waals surface area contributed by atoms with Gasteiger partial charge in [-0.2, -0.15) is 0 Å². The van der Waals surface area contributed by atoms with Crippen molar-refractivity contribution in [2.24, 2.45) is 11.1 Å². The van der Waals surface area contributed by atoms with E-state index in [9.17, 15) is 0 Å². The Balaban J connectivity index is 2.25. The smallest absolute Gasteiger partial charge is 0.122 e. The lowest BCUT2D eigenvalue weighted by Gasteiger charge is -2.28. The number of ether oxygens (including phenoxy) is 1. The molecule has 0 spiro atoms. The van der Waals surface area contributed by atoms with Crippen LogP contribution in [0.3, 0.4) is 0 Å². The van der Waals surface area contributed by atoms with Crippen LogP contribution in [-0.4, -0.2) is 13.7 Å². The Morgan fingerprint density at radius 1 is 1.28 bits per heavy atom. The number of methoxy groups -OCH3 is 1. The van der Waals surface area contributed by atoms with E-state index in [0.717, 1.165) is 25.1 Å². The highest BCUT2D eigenvalue weighted by Crippen LogP contribution is 2.41. The third-order valence-corrected chi connectivity index (χ3v) is 4.42. The minimum absolute atomic E-state index is 0.319. The first-order valence-corrected chi connectivity index (χ1v) is 7.09. The minimum Gasteiger partial charge on any atom is -0.496 e. The van der Waals surface area contributed by atoms with Crippen LogP contribution in [0.4, 0.5) is 0 Å². The number of nitrogens with two attached hydrogens (primary N) is 1. The second kappa shape index (κ2) is 5.75. The number of aryl methyl sites for hydroxylation is 1. The summed E-state index contributed by atoms with van der Waals surface area (Å²) in [5.41, 5.74) is 9.08. The normalized spacial score (nSPS) is 17.9. The third-order valence-electron chi connectivity index (χ3n) is 4.42. The van der Waals surface area contributed by atoms with E-state index in [0.29, 0.717) is 5.41 Å². The Hall–Kier alpha value is -1.02. The van der Waals surface area contributed by atoms with Crippen molar-refractivity contribution in [2.75, 3.05) is 13.7 Å². The predicted octanol–water partition coefficient (Wildman–Crippen LogP) is 3.32. The van der Waals surface area contributed by atoms with E-state index >= 15 is 0 Å². The molecule has 1 aromatic carbocycles. The Morgan fingerprint density at radius 2 is 2.00 bits per heavy atom. The molecule has 18 heavy (non-hydrogen) atoms. The van der Waals surface area contributed by atoms with Crippen molar-refractivity contribution in [3.05, 3.63) is 29.3 Å². The molecule has 2 heteroatoms. The third kappa shape index (κ3) is 2.69. The molecular weight excluding hydrogens is 222 g/mol. The van der Waals surface area contributed by atoms with Crippen molar-refractivity contribution in [3.8, 4) is 5.75 Å². The average Bonchev–Trinajstić information content (AvgIpc) is 2.88. The molecule has 2 rings (SSSR count). The number of benzene rings is 1. The molecule has 0 aliphatic heterocycles. The summed E-state index contributed by atoms with van der Waals surface area (Å²) in [6, 6.07) is 6.56. The SMILES string of the molecule is CCc1ccc(OC)c(CC2(CN)CCCC2)c1. The summed E-state index contributed by atoms with van der Waals surface area (Å²) in [4.78, 5) is 0. The number of hydrogen-bond donors (Lipinski definition) is 1. The Morgan fingerprint density at radius 3 is 2.56 bits per heavy atom. The van der Waals surface area contributed by atoms with Crippen LogP contribution in [0.15, 0.2) is 18.2 Å². The van der Waals surface area contributed by atoms with Gasteiger partial charge < -0.3 is 10.5 Å². The van der Waals surface area contributed by atoms with Gasteiger partial charge in [-0.15, -0.1) is 0 Å². The average molecular weight is 247 g/mol. The van der Waals surface area contributed by atoms with E-state index in [4.69, 9.17) is 10.5 Å². The van der Waals surface area contributed by atoms with Crippen LogP contribution in [0.2, 0.25) is 0 Å². The molecule has 1 aliphatic rings. The zero-order valence-electron chi connectivity index (χ0n) is 11.7. The first kappa shape index (κ1) is 13.4. The van der Waals surface area contributed by atoms with Gasteiger partial charge in [-0.25, -0.2) is 0 Å². The minimum atomic E-state index is 0.319. The van der Waals surface area contributed by atoms with Gasteiger partial charge in [-0.3, -0.25) is 0 Å². The van der Waals surface area contributed by atoms with E-state index in [1.807, 2.05) is 0 Å². The van der Waals surface area contributed by atoms with Crippen molar-refractivity contribution in [2.45, 2.75) is 45.4 Å². The fourth-order valence-electron chi connectivity index (χ4n) is 3.17. The molecule has 1 aliphatic carbocycles. The van der Waals surface area contributed by atoms with Gasteiger partial charge in [0, 0.05) is 0 Å². The zero-order valence-corrected chi connectivity index (χ0v) is 11.7. The van der Waals surface area contributed by atoms with Crippen LogP contribution in [0.25, 0.3) is 0 Å². The molecule has 0 unspecified atom stereocenters. The van der Waals surface area contributed by atoms with E-state index < -0.39 is 0 Å². The molecule has 2 N–H and O–H groups in total. The lowest BCUT2D eigenvalue weighted by atomic mass is 9.79. The van der Waals surface area contributed by atoms with Gasteiger partial charge in [-0.05, 0) is 54.8 Å². The van der Waals surface area contributed by atoms with Crippen molar-refractivity contribution < 1.29 is 4.74 Å². The van der Waals surface area contributed by atoms with Crippen LogP contribution in [0.1, 0.15) is 43.7 Å². The molecule has 0 heterocycles. The predicted molar refractivity (Wildman–Crippen MR) is 76.0 cm³/mol. The molecule has 0 bridgehead atoms. The van der Waals surface area contributed by atoms with Crippen molar-refractivity contribution in [1.29, 1.82) is 0 Å². The van der Waals surface area contributed by atoms with Crippen molar-refractivity contribution in [1.82, 2.24) is 0 Å². The molecular formula is C16H25NO. The lowest BCUT2D eigenvalue weighted by Crippen LogP contribution is -2.29. The topological polar surface area (TPSA) is 35.2 Å². The molecule has 0 saturated heterocycles. The molecule has 0 radical (unpaired) electrons. The standard InChI is InChI=1S/C16H25NO/c1-3-13-6-7-15(18-2)14(10-13)11-16(12-17)8-4-5-9-16/h6-7,10H,3-5,8-9,11-12,17H2,1-2H3. The molecule has 1 fully saturated rings. The summed E-state index contributed by atoms with van der Waals surface area (Å²) >= 11 is 0. The van der Waals surface area contributed by atoms with Gasteiger partial charge in [0.15, 0.2) is 0 Å². The highest BCUT2D eigenvalue weighted by atomic mass is 16.5. The van der Waals surface area contributed by atoms with Gasteiger partial charge in [0.2, 0.25) is 0 Å². The van der Waals surface area contributed by atoms with Gasteiger partial charge in [0.25, 0.3) is 0 Å². The van der Waals surface area contributed by atoms with Gasteiger partial charge in [-0.1, -0.05) is 31.9 Å². The van der Waals surface area contributed by atoms with Crippen LogP contribution >= 0.6 is 0 Å². The Bertz CT molecular complexity index is 394. The molecule has 1 saturated carbocycles. The maximum absolute atomic E-state index is 6.04. The van der Waals surface area contributed by atoms with Gasteiger partial charge in [0.05, 0.1) is 7.11 Å². The molecule has 1 aromatic rings. The highest BCUT2D eigenvalue weighted by molar-refractivity contribution is 5.38. The fraction of sp³-hybridized carbons (Fsp3) is 0.625. The van der Waals surface area contributed by atoms with Crippen molar-refractivity contribution >= 4 is 0 Å². The quantitative estimate of drug-likeness (QED) is 0.866. The Kier molecular flexibility index (Phi) is 4.28. The lowest BCUT2D eigenvalue weighted by molar-refractivity contribution is 0.300. The Labute approximate surface area is 111 Å². The van der Waals surface area contributed by atoms with Crippen LogP contribution in [0, 0.1) is 5.41 Å². The molecule has 2 nitrogen and oxygen atoms in total. The summed E-state index contributed by atoms with van der Waals surface area (Å²) < 4.78 is 5.50. The van der Waals surface area contributed by atoms with Gasteiger partial charge >= 0.3 is 0 Å². The van der Waals surface area contributed by atoms with Crippen LogP contribution < -0.4 is 10.5 Å². The first-order chi connectivity index (χ1) is 8.73. The summed E-state index contributed by atoms with van der Waals surface area (Å²) in [5.74, 6) is 1.02. The van der Waals surface area contributed by atoms with E-state index in [1.165, 1.54) is 36.8 Å². The second-order valence-corrected chi connectivity index (χ2v) is 5.59. The van der Waals surface area contributed by atoms with Crippen LogP contribution in [-0.2, 0) is 12.8 Å². The number of hydrogen-bond acceptors (Lipinski definition) is 2. The molecule has 100 valence electrons. The van der Waals surface area contributed by atoms with Gasteiger partial charge in [0.1, 0.15) is 5.75 Å². The maximum atomic E-state index is 6.04. The number of rotatable bonds is 5. The van der Waals surface area contributed by atoms with E-state index in [-0.39, 0.29) is 0 Å². The fourth-order valence-corrected chi connectivity index (χ4v) is 3.17. The first-order valence-electron chi connectivity index (χ1n) is 7.09. The molecule has 0 amide bonds. The summed E-state index contributed by atoms with van der Waals surface area (Å²) in [6.07, 6.45) is 7.33. The monoisotopic (exact) mass is 247 g/mol. The summed E-state index contributed by atoms with van der Waals surface area (Å²) in [7, 11) is 1.76. The van der Waals surface area contributed by atoms with E-state index in [1.54, 1.807) is 7.11 Å². The van der Waals surface area contributed by atoms with E-state index in [2.05, 4.69) is 25.1 Å². The maximum Gasteiger partial charge on any atom is 0.122 e. The zero-order chi connectivity index (χ0) is 13.0. The highest BCUT2D eigenvalue weighted by Gasteiger charge is 2.33. The summed E-state index contributed by atoms with van der Waals surface area (Å²) in [5, 5.41) is 0. The van der Waals surface area contributed by atoms with Crippen LogP contribution in [0.5, 0.6) is 5.75 Å². The largest absolute Gasteiger partial charge is 0.496 e. The summed E-state index contributed by atoms with van der Waals surface area (Å²) in [6.45, 7) is 2.99. The molecule has 0 atom stereocenters. The molecule has 0 aromatic heterocycles. The second-order valence-electron chi connectivity index (χ2n) is 5.59. The van der Waals surface area contributed by atoms with Crippen molar-refractivity contribution in [3.63, 3.8) is 0 Å².